The molecule has 38 heavy (non-hydrogen) atoms. The Labute approximate surface area is 223 Å². The highest BCUT2D eigenvalue weighted by atomic mass is 16.5. The van der Waals surface area contributed by atoms with Crippen molar-refractivity contribution in [2.24, 2.45) is 5.41 Å². The molecule has 0 aliphatic carbocycles. The molecule has 4 atom stereocenters. The molecule has 1 aromatic carbocycles. The number of aliphatic carboxylic acids is 1. The van der Waals surface area contributed by atoms with Crippen molar-refractivity contribution >= 4 is 34.9 Å². The van der Waals surface area contributed by atoms with Crippen LogP contribution in [0.25, 0.3) is 10.9 Å². The second kappa shape index (κ2) is 11.9. The molecule has 1 fully saturated rings. The van der Waals surface area contributed by atoms with Gasteiger partial charge in [-0.15, -0.1) is 0 Å². The van der Waals surface area contributed by atoms with E-state index >= 15 is 0 Å². The van der Waals surface area contributed by atoms with Crippen LogP contribution in [0.2, 0.25) is 0 Å². The summed E-state index contributed by atoms with van der Waals surface area (Å²) in [5.74, 6) is -1.78. The van der Waals surface area contributed by atoms with Crippen LogP contribution >= 0.6 is 0 Å². The number of para-hydroxylation sites is 1. The Morgan fingerprint density at radius 2 is 1.68 bits per heavy atom. The standard InChI is InChI=1S/C28H40N4O6/c1-17-10-9-11-18(2)32(17)26(36)30-22(15-28(3,4)5)24(33)29-21(25(34)35)14-19-16-31(27(37)38-6)23-13-8-7-12-20(19)23/h7-8,12-13,16-18,21-22H,9-11,14-15H2,1-6H3,(H,29,33)(H,30,36)(H,34,35)/t17-,18+,21-,22+/m1/s1. The summed E-state index contributed by atoms with van der Waals surface area (Å²) in [5, 5.41) is 16.2. The summed E-state index contributed by atoms with van der Waals surface area (Å²) >= 11 is 0. The van der Waals surface area contributed by atoms with E-state index in [1.54, 1.807) is 29.2 Å². The maximum atomic E-state index is 13.4. The van der Waals surface area contributed by atoms with Crippen LogP contribution in [0.5, 0.6) is 0 Å². The Morgan fingerprint density at radius 1 is 1.05 bits per heavy atom. The lowest BCUT2D eigenvalue weighted by atomic mass is 9.87. The van der Waals surface area contributed by atoms with E-state index in [-0.39, 0.29) is 30.0 Å². The topological polar surface area (TPSA) is 130 Å². The summed E-state index contributed by atoms with van der Waals surface area (Å²) in [6, 6.07) is 4.68. The van der Waals surface area contributed by atoms with Gasteiger partial charge in [0.15, 0.2) is 0 Å². The molecule has 2 heterocycles. The molecular weight excluding hydrogens is 488 g/mol. The van der Waals surface area contributed by atoms with E-state index in [0.29, 0.717) is 22.9 Å². The zero-order valence-electron chi connectivity index (χ0n) is 23.1. The minimum absolute atomic E-state index is 0.0518. The Balaban J connectivity index is 1.83. The molecule has 0 saturated carbocycles. The fourth-order valence-corrected chi connectivity index (χ4v) is 5.22. The van der Waals surface area contributed by atoms with Gasteiger partial charge < -0.3 is 25.4 Å². The smallest absolute Gasteiger partial charge is 0.418 e. The summed E-state index contributed by atoms with van der Waals surface area (Å²) in [7, 11) is 1.27. The highest BCUT2D eigenvalue weighted by molar-refractivity contribution is 5.93. The van der Waals surface area contributed by atoms with Crippen LogP contribution in [0.1, 0.15) is 65.9 Å². The summed E-state index contributed by atoms with van der Waals surface area (Å²) in [6.45, 7) is 9.88. The molecule has 208 valence electrons. The zero-order valence-corrected chi connectivity index (χ0v) is 23.1. The van der Waals surface area contributed by atoms with Crippen molar-refractivity contribution in [2.45, 2.75) is 90.9 Å². The number of hydrogen-bond acceptors (Lipinski definition) is 5. The van der Waals surface area contributed by atoms with Gasteiger partial charge in [0.05, 0.1) is 12.6 Å². The third kappa shape index (κ3) is 6.85. The zero-order chi connectivity index (χ0) is 28.2. The first-order chi connectivity index (χ1) is 17.8. The van der Waals surface area contributed by atoms with Crippen LogP contribution < -0.4 is 10.6 Å². The third-order valence-electron chi connectivity index (χ3n) is 7.06. The second-order valence-electron chi connectivity index (χ2n) is 11.4. The maximum Gasteiger partial charge on any atom is 0.418 e. The van der Waals surface area contributed by atoms with Crippen molar-refractivity contribution in [2.75, 3.05) is 7.11 Å². The van der Waals surface area contributed by atoms with Crippen molar-refractivity contribution in [1.29, 1.82) is 0 Å². The van der Waals surface area contributed by atoms with E-state index < -0.39 is 30.1 Å². The van der Waals surface area contributed by atoms with E-state index in [0.717, 1.165) is 19.3 Å². The molecule has 10 heteroatoms. The normalized spacial score (nSPS) is 19.5. The highest BCUT2D eigenvalue weighted by Gasteiger charge is 2.35. The average molecular weight is 529 g/mol. The van der Waals surface area contributed by atoms with Gasteiger partial charge in [0.2, 0.25) is 5.91 Å². The second-order valence-corrected chi connectivity index (χ2v) is 11.4. The minimum Gasteiger partial charge on any atom is -0.480 e. The molecule has 0 unspecified atom stereocenters. The fraction of sp³-hybridized carbons (Fsp3) is 0.571. The number of benzene rings is 1. The number of nitrogens with one attached hydrogen (secondary N) is 2. The summed E-state index contributed by atoms with van der Waals surface area (Å²) < 4.78 is 6.16. The number of piperidine rings is 1. The first-order valence-corrected chi connectivity index (χ1v) is 13.1. The molecule has 0 bridgehead atoms. The van der Waals surface area contributed by atoms with Gasteiger partial charge in [-0.2, -0.15) is 0 Å². The van der Waals surface area contributed by atoms with Gasteiger partial charge >= 0.3 is 18.1 Å². The SMILES string of the molecule is COC(=O)n1cc(C[C@@H](NC(=O)[C@H](CC(C)(C)C)NC(=O)N2[C@H](C)CCC[C@@H]2C)C(=O)O)c2ccccc21. The van der Waals surface area contributed by atoms with Gasteiger partial charge in [-0.05, 0) is 56.6 Å². The van der Waals surface area contributed by atoms with Crippen LogP contribution in [0.15, 0.2) is 30.5 Å². The Morgan fingerprint density at radius 3 is 2.26 bits per heavy atom. The Hall–Kier alpha value is -3.56. The largest absolute Gasteiger partial charge is 0.480 e. The first kappa shape index (κ1) is 29.0. The maximum absolute atomic E-state index is 13.4. The molecule has 0 spiro atoms. The van der Waals surface area contributed by atoms with Gasteiger partial charge in [-0.1, -0.05) is 39.0 Å². The summed E-state index contributed by atoms with van der Waals surface area (Å²) in [6.07, 6.45) is 4.05. The van der Waals surface area contributed by atoms with Gasteiger partial charge in [0.1, 0.15) is 12.1 Å². The van der Waals surface area contributed by atoms with E-state index in [1.165, 1.54) is 17.9 Å². The molecule has 1 aliphatic rings. The Bertz CT molecular complexity index is 1170. The van der Waals surface area contributed by atoms with Crippen molar-refractivity contribution in [3.63, 3.8) is 0 Å². The number of carbonyl (C=O) groups excluding carboxylic acids is 3. The van der Waals surface area contributed by atoms with Crippen molar-refractivity contribution < 1.29 is 29.0 Å². The van der Waals surface area contributed by atoms with Gasteiger partial charge in [0, 0.05) is 30.1 Å². The van der Waals surface area contributed by atoms with Crippen LogP contribution in [-0.4, -0.2) is 69.9 Å². The van der Waals surface area contributed by atoms with Crippen LogP contribution in [-0.2, 0) is 20.7 Å². The minimum atomic E-state index is -1.27. The van der Waals surface area contributed by atoms with Gasteiger partial charge in [-0.25, -0.2) is 14.4 Å². The number of methoxy groups -OCH3 is 1. The van der Waals surface area contributed by atoms with E-state index in [1.807, 2.05) is 34.6 Å². The van der Waals surface area contributed by atoms with E-state index in [4.69, 9.17) is 4.74 Å². The average Bonchev–Trinajstić information content (AvgIpc) is 3.20. The molecule has 3 amide bonds. The van der Waals surface area contributed by atoms with Crippen molar-refractivity contribution in [3.05, 3.63) is 36.0 Å². The number of fused-ring (bicyclic) bond motifs is 1. The lowest BCUT2D eigenvalue weighted by molar-refractivity contribution is -0.142. The lowest BCUT2D eigenvalue weighted by Crippen LogP contribution is -2.58. The molecule has 1 aromatic heterocycles. The summed E-state index contributed by atoms with van der Waals surface area (Å²) in [5.41, 5.74) is 0.847. The number of aromatic nitrogens is 1. The van der Waals surface area contributed by atoms with Crippen LogP contribution in [0.4, 0.5) is 9.59 Å². The number of nitrogens with zero attached hydrogens (tertiary/aromatic N) is 2. The highest BCUT2D eigenvalue weighted by Crippen LogP contribution is 2.26. The number of hydrogen-bond donors (Lipinski definition) is 3. The Kier molecular flexibility index (Phi) is 9.06. The van der Waals surface area contributed by atoms with E-state index in [9.17, 15) is 24.3 Å². The van der Waals surface area contributed by atoms with Crippen molar-refractivity contribution in [3.8, 4) is 0 Å². The molecule has 3 N–H and O–H groups in total. The number of likely N-dealkylation sites (tertiary alicyclic amines) is 1. The monoisotopic (exact) mass is 528 g/mol. The molecule has 3 rings (SSSR count). The summed E-state index contributed by atoms with van der Waals surface area (Å²) in [4.78, 5) is 52.9. The number of carbonyl (C=O) groups is 4. The number of rotatable bonds is 7. The number of ether oxygens (including phenoxy) is 1. The number of carboxylic acids is 1. The van der Waals surface area contributed by atoms with Crippen LogP contribution in [0.3, 0.4) is 0 Å². The molecule has 1 aliphatic heterocycles. The molecule has 1 saturated heterocycles. The molecular formula is C28H40N4O6. The lowest BCUT2D eigenvalue weighted by Gasteiger charge is -2.40. The van der Waals surface area contributed by atoms with E-state index in [2.05, 4.69) is 10.6 Å². The predicted octanol–water partition coefficient (Wildman–Crippen LogP) is 4.15. The first-order valence-electron chi connectivity index (χ1n) is 13.1. The predicted molar refractivity (Wildman–Crippen MR) is 144 cm³/mol. The van der Waals surface area contributed by atoms with Gasteiger partial charge in [-0.3, -0.25) is 9.36 Å². The molecule has 0 radical (unpaired) electrons. The number of amides is 3. The van der Waals surface area contributed by atoms with Crippen LogP contribution in [0, 0.1) is 5.41 Å². The third-order valence-corrected chi connectivity index (χ3v) is 7.06. The van der Waals surface area contributed by atoms with Crippen molar-refractivity contribution in [1.82, 2.24) is 20.1 Å². The van der Waals surface area contributed by atoms with Gasteiger partial charge in [0.25, 0.3) is 0 Å². The number of carboxylic acid groups (broad SMARTS) is 1. The molecule has 2 aromatic rings. The fourth-order valence-electron chi connectivity index (χ4n) is 5.22. The molecule has 10 nitrogen and oxygen atoms in total. The quantitative estimate of drug-likeness (QED) is 0.495. The number of urea groups is 1.